The Morgan fingerprint density at radius 1 is 1.67 bits per heavy atom. The summed E-state index contributed by atoms with van der Waals surface area (Å²) in [5.41, 5.74) is 2.17. The van der Waals surface area contributed by atoms with E-state index >= 15 is 0 Å². The molecule has 0 fully saturated rings. The van der Waals surface area contributed by atoms with E-state index in [0.29, 0.717) is 12.2 Å². The summed E-state index contributed by atoms with van der Waals surface area (Å²) in [5.74, 6) is 4.39. The Morgan fingerprint density at radius 3 is 2.87 bits per heavy atom. The van der Waals surface area contributed by atoms with Gasteiger partial charge in [0.25, 0.3) is 11.5 Å². The number of nitrogens with two attached hydrogens (primary N) is 1. The first kappa shape index (κ1) is 11.4. The highest BCUT2D eigenvalue weighted by Crippen LogP contribution is 1.95. The summed E-state index contributed by atoms with van der Waals surface area (Å²) in [6.45, 7) is 4.14. The van der Waals surface area contributed by atoms with E-state index in [9.17, 15) is 9.59 Å². The lowest BCUT2D eigenvalue weighted by atomic mass is 10.2. The Hall–Kier alpha value is -1.69. The molecule has 0 aliphatic rings. The Bertz CT molecular complexity index is 425. The molecule has 1 rings (SSSR count). The van der Waals surface area contributed by atoms with Gasteiger partial charge in [-0.05, 0) is 19.4 Å². The van der Waals surface area contributed by atoms with Gasteiger partial charge in [-0.1, -0.05) is 6.92 Å². The number of nitrogen functional groups attached to an aromatic ring is 1. The molecule has 82 valence electrons. The molecule has 0 unspecified atom stereocenters. The number of amides is 1. The summed E-state index contributed by atoms with van der Waals surface area (Å²) < 4.78 is 1.28. The summed E-state index contributed by atoms with van der Waals surface area (Å²) in [5, 5.41) is 4.02. The first-order valence-corrected chi connectivity index (χ1v) is 4.69. The molecule has 1 heterocycles. The van der Waals surface area contributed by atoms with Crippen LogP contribution < -0.4 is 16.8 Å². The number of carbonyl (C=O) groups is 1. The van der Waals surface area contributed by atoms with Gasteiger partial charge in [0.15, 0.2) is 0 Å². The predicted octanol–water partition coefficient (Wildman–Crippen LogP) is -0.435. The average molecular weight is 210 g/mol. The van der Waals surface area contributed by atoms with Gasteiger partial charge >= 0.3 is 0 Å². The van der Waals surface area contributed by atoms with Crippen LogP contribution in [0.2, 0.25) is 0 Å². The second kappa shape index (κ2) is 4.70. The van der Waals surface area contributed by atoms with Crippen LogP contribution in [0.5, 0.6) is 0 Å². The van der Waals surface area contributed by atoms with Crippen molar-refractivity contribution in [1.82, 2.24) is 15.2 Å². The SMILES string of the molecule is CCCn1nc(C)cc(C(=O)NN)c1=O. The number of aromatic nitrogens is 2. The van der Waals surface area contributed by atoms with Gasteiger partial charge in [-0.15, -0.1) is 0 Å². The van der Waals surface area contributed by atoms with Crippen molar-refractivity contribution >= 4 is 5.91 Å². The van der Waals surface area contributed by atoms with Gasteiger partial charge in [-0.3, -0.25) is 15.0 Å². The molecule has 0 saturated carbocycles. The normalized spacial score (nSPS) is 10.1. The lowest BCUT2D eigenvalue weighted by Crippen LogP contribution is -2.37. The molecule has 1 amide bonds. The smallest absolute Gasteiger partial charge is 0.279 e. The maximum atomic E-state index is 11.7. The van der Waals surface area contributed by atoms with Crippen LogP contribution in [0.4, 0.5) is 0 Å². The van der Waals surface area contributed by atoms with Crippen molar-refractivity contribution in [2.24, 2.45) is 5.84 Å². The van der Waals surface area contributed by atoms with Crippen molar-refractivity contribution in [2.45, 2.75) is 26.8 Å². The minimum atomic E-state index is -0.588. The fraction of sp³-hybridized carbons (Fsp3) is 0.444. The van der Waals surface area contributed by atoms with Crippen LogP contribution in [0, 0.1) is 6.92 Å². The van der Waals surface area contributed by atoms with Gasteiger partial charge in [0.05, 0.1) is 5.69 Å². The zero-order chi connectivity index (χ0) is 11.4. The molecule has 3 N–H and O–H groups in total. The molecule has 15 heavy (non-hydrogen) atoms. The summed E-state index contributed by atoms with van der Waals surface area (Å²) in [6.07, 6.45) is 0.778. The molecular weight excluding hydrogens is 196 g/mol. The van der Waals surface area contributed by atoms with E-state index in [4.69, 9.17) is 5.84 Å². The van der Waals surface area contributed by atoms with Gasteiger partial charge in [-0.25, -0.2) is 10.5 Å². The highest BCUT2D eigenvalue weighted by Gasteiger charge is 2.12. The number of hydrazine groups is 1. The third-order valence-corrected chi connectivity index (χ3v) is 1.91. The molecule has 0 aromatic carbocycles. The number of nitrogens with one attached hydrogen (secondary N) is 1. The fourth-order valence-electron chi connectivity index (χ4n) is 1.28. The van der Waals surface area contributed by atoms with E-state index in [-0.39, 0.29) is 5.56 Å². The van der Waals surface area contributed by atoms with Crippen molar-refractivity contribution in [3.05, 3.63) is 27.7 Å². The monoisotopic (exact) mass is 210 g/mol. The first-order chi connectivity index (χ1) is 7.10. The van der Waals surface area contributed by atoms with Crippen LogP contribution in [0.15, 0.2) is 10.9 Å². The van der Waals surface area contributed by atoms with Crippen molar-refractivity contribution in [1.29, 1.82) is 0 Å². The van der Waals surface area contributed by atoms with Crippen LogP contribution >= 0.6 is 0 Å². The van der Waals surface area contributed by atoms with Crippen LogP contribution in [0.25, 0.3) is 0 Å². The number of hydrogen-bond donors (Lipinski definition) is 2. The lowest BCUT2D eigenvalue weighted by molar-refractivity contribution is 0.0951. The molecule has 0 aliphatic carbocycles. The molecule has 6 heteroatoms. The first-order valence-electron chi connectivity index (χ1n) is 4.69. The zero-order valence-corrected chi connectivity index (χ0v) is 8.78. The predicted molar refractivity (Wildman–Crippen MR) is 55.2 cm³/mol. The third-order valence-electron chi connectivity index (χ3n) is 1.91. The second-order valence-electron chi connectivity index (χ2n) is 3.20. The number of carbonyl (C=O) groups excluding carboxylic acids is 1. The van der Waals surface area contributed by atoms with Crippen LogP contribution in [0.3, 0.4) is 0 Å². The van der Waals surface area contributed by atoms with Gasteiger partial charge in [-0.2, -0.15) is 5.10 Å². The summed E-state index contributed by atoms with van der Waals surface area (Å²) in [4.78, 5) is 23.0. The molecule has 0 spiro atoms. The van der Waals surface area contributed by atoms with E-state index in [0.717, 1.165) is 6.42 Å². The van der Waals surface area contributed by atoms with Crippen LogP contribution in [0.1, 0.15) is 29.4 Å². The Balaban J connectivity index is 3.28. The Kier molecular flexibility index (Phi) is 3.56. The van der Waals surface area contributed by atoms with Crippen LogP contribution in [-0.2, 0) is 6.54 Å². The highest BCUT2D eigenvalue weighted by molar-refractivity contribution is 5.93. The van der Waals surface area contributed by atoms with E-state index < -0.39 is 11.5 Å². The van der Waals surface area contributed by atoms with Gasteiger partial charge < -0.3 is 0 Å². The molecule has 1 aromatic rings. The Labute approximate surface area is 87.1 Å². The third kappa shape index (κ3) is 2.41. The molecule has 0 atom stereocenters. The van der Waals surface area contributed by atoms with Gasteiger partial charge in [0.2, 0.25) is 0 Å². The maximum Gasteiger partial charge on any atom is 0.279 e. The van der Waals surface area contributed by atoms with E-state index in [1.54, 1.807) is 6.92 Å². The van der Waals surface area contributed by atoms with Crippen molar-refractivity contribution in [3.8, 4) is 0 Å². The number of hydrogen-bond acceptors (Lipinski definition) is 4. The number of rotatable bonds is 3. The van der Waals surface area contributed by atoms with E-state index in [1.165, 1.54) is 10.7 Å². The summed E-state index contributed by atoms with van der Waals surface area (Å²) in [7, 11) is 0. The lowest BCUT2D eigenvalue weighted by Gasteiger charge is -2.06. The van der Waals surface area contributed by atoms with Gasteiger partial charge in [0, 0.05) is 6.54 Å². The number of nitrogens with zero attached hydrogens (tertiary/aromatic N) is 2. The Morgan fingerprint density at radius 2 is 2.33 bits per heavy atom. The summed E-state index contributed by atoms with van der Waals surface area (Å²) in [6, 6.07) is 1.43. The zero-order valence-electron chi connectivity index (χ0n) is 8.78. The largest absolute Gasteiger partial charge is 0.290 e. The van der Waals surface area contributed by atoms with Gasteiger partial charge in [0.1, 0.15) is 5.56 Å². The average Bonchev–Trinajstić information content (AvgIpc) is 2.22. The molecule has 0 aliphatic heterocycles. The quantitative estimate of drug-likeness (QED) is 0.402. The summed E-state index contributed by atoms with van der Waals surface area (Å²) >= 11 is 0. The van der Waals surface area contributed by atoms with Crippen molar-refractivity contribution in [2.75, 3.05) is 0 Å². The van der Waals surface area contributed by atoms with Crippen molar-refractivity contribution < 1.29 is 4.79 Å². The molecular formula is C9H14N4O2. The van der Waals surface area contributed by atoms with Crippen LogP contribution in [-0.4, -0.2) is 15.7 Å². The molecule has 1 aromatic heterocycles. The highest BCUT2D eigenvalue weighted by atomic mass is 16.2. The molecule has 0 radical (unpaired) electrons. The second-order valence-corrected chi connectivity index (χ2v) is 3.20. The molecule has 6 nitrogen and oxygen atoms in total. The van der Waals surface area contributed by atoms with E-state index in [1.807, 2.05) is 12.3 Å². The standard InChI is InChI=1S/C9H14N4O2/c1-3-4-13-9(15)7(8(14)11-10)5-6(2)12-13/h5H,3-4,10H2,1-2H3,(H,11,14). The minimum absolute atomic E-state index is 0.0263. The fourth-order valence-corrected chi connectivity index (χ4v) is 1.28. The molecule has 0 saturated heterocycles. The van der Waals surface area contributed by atoms with E-state index in [2.05, 4.69) is 5.10 Å². The maximum absolute atomic E-state index is 11.7. The molecule has 0 bridgehead atoms. The topological polar surface area (TPSA) is 90.0 Å². The number of aryl methyl sites for hydroxylation is 2. The van der Waals surface area contributed by atoms with Crippen molar-refractivity contribution in [3.63, 3.8) is 0 Å². The minimum Gasteiger partial charge on any atom is -0.290 e.